The first kappa shape index (κ1) is 18.2. The van der Waals surface area contributed by atoms with E-state index in [2.05, 4.69) is 77.1 Å². The molecule has 0 radical (unpaired) electrons. The second-order valence-corrected chi connectivity index (χ2v) is 7.94. The molecule has 5 heteroatoms. The summed E-state index contributed by atoms with van der Waals surface area (Å²) in [6, 6.07) is 8.64. The molecule has 1 aliphatic rings. The third kappa shape index (κ3) is 4.96. The number of nitrogens with one attached hydrogen (secondary N) is 1. The van der Waals surface area contributed by atoms with E-state index in [4.69, 9.17) is 5.73 Å². The van der Waals surface area contributed by atoms with Gasteiger partial charge in [0.15, 0.2) is 0 Å². The maximum Gasteiger partial charge on any atom is 0.222 e. The van der Waals surface area contributed by atoms with E-state index in [1.807, 2.05) is 0 Å². The van der Waals surface area contributed by atoms with Crippen molar-refractivity contribution < 1.29 is 0 Å². The van der Waals surface area contributed by atoms with Crippen molar-refractivity contribution in [1.29, 1.82) is 0 Å². The van der Waals surface area contributed by atoms with Crippen LogP contribution in [0.2, 0.25) is 0 Å². The minimum Gasteiger partial charge on any atom is -0.368 e. The van der Waals surface area contributed by atoms with Crippen LogP contribution in [0.25, 0.3) is 0 Å². The number of nitrogen functional groups attached to an aromatic ring is 1. The second kappa shape index (κ2) is 7.76. The average molecular weight is 349 g/mol. The summed E-state index contributed by atoms with van der Waals surface area (Å²) in [4.78, 5) is 10.8. The van der Waals surface area contributed by atoms with Gasteiger partial charge in [-0.2, -0.15) is 4.98 Å². The van der Waals surface area contributed by atoms with Crippen LogP contribution in [0.5, 0.6) is 0 Å². The molecular weight excluding hydrogens is 322 g/mol. The third-order valence-corrected chi connectivity index (χ3v) is 4.33. The molecule has 2 aromatic rings. The van der Waals surface area contributed by atoms with Gasteiger partial charge in [0, 0.05) is 19.6 Å². The molecule has 0 atom stereocenters. The van der Waals surface area contributed by atoms with Gasteiger partial charge >= 0.3 is 0 Å². The van der Waals surface area contributed by atoms with E-state index in [0.717, 1.165) is 38.2 Å². The van der Waals surface area contributed by atoms with Crippen LogP contribution in [0.15, 0.2) is 30.5 Å². The highest BCUT2D eigenvalue weighted by Crippen LogP contribution is 2.19. The normalized spacial score (nSPS) is 14.3. The van der Waals surface area contributed by atoms with Crippen molar-refractivity contribution in [3.05, 3.63) is 47.2 Å². The smallest absolute Gasteiger partial charge is 0.222 e. The van der Waals surface area contributed by atoms with Gasteiger partial charge in [-0.05, 0) is 23.0 Å². The number of fused-ring (bicyclic) bond motifs is 1. The molecule has 136 valence electrons. The highest BCUT2D eigenvalue weighted by molar-refractivity contribution is 5.54. The van der Waals surface area contributed by atoms with E-state index >= 15 is 0 Å². The molecule has 0 saturated carbocycles. The van der Waals surface area contributed by atoms with Crippen molar-refractivity contribution in [3.8, 4) is 11.8 Å². The number of aromatic nitrogens is 2. The topological polar surface area (TPSA) is 67.1 Å². The van der Waals surface area contributed by atoms with Gasteiger partial charge < -0.3 is 11.1 Å². The van der Waals surface area contributed by atoms with Crippen molar-refractivity contribution in [1.82, 2.24) is 14.9 Å². The van der Waals surface area contributed by atoms with E-state index in [0.29, 0.717) is 5.82 Å². The number of hydrogen-bond acceptors (Lipinski definition) is 5. The van der Waals surface area contributed by atoms with Gasteiger partial charge in [-0.3, -0.25) is 4.90 Å². The molecule has 5 nitrogen and oxygen atoms in total. The lowest BCUT2D eigenvalue weighted by Gasteiger charge is -2.26. The number of nitrogens with zero attached hydrogens (tertiary/aromatic N) is 3. The zero-order chi connectivity index (χ0) is 18.6. The first-order chi connectivity index (χ1) is 12.4. The van der Waals surface area contributed by atoms with Crippen LogP contribution < -0.4 is 11.1 Å². The second-order valence-electron chi connectivity index (χ2n) is 7.94. The summed E-state index contributed by atoms with van der Waals surface area (Å²) in [5.74, 6) is 7.46. The quantitative estimate of drug-likeness (QED) is 0.834. The summed E-state index contributed by atoms with van der Waals surface area (Å²) in [7, 11) is 0. The lowest BCUT2D eigenvalue weighted by molar-refractivity contribution is 0.286. The van der Waals surface area contributed by atoms with Crippen molar-refractivity contribution >= 4 is 11.8 Å². The Kier molecular flexibility index (Phi) is 5.43. The zero-order valence-electron chi connectivity index (χ0n) is 15.8. The zero-order valence-corrected chi connectivity index (χ0v) is 15.8. The summed E-state index contributed by atoms with van der Waals surface area (Å²) in [6.45, 7) is 10.0. The summed E-state index contributed by atoms with van der Waals surface area (Å²) in [5.41, 5.74) is 9.54. The summed E-state index contributed by atoms with van der Waals surface area (Å²) < 4.78 is 0. The van der Waals surface area contributed by atoms with Gasteiger partial charge in [0.05, 0.1) is 18.3 Å². The molecule has 0 unspecified atom stereocenters. The molecule has 2 heterocycles. The standard InChI is InChI=1S/C21H27N5/c1-21(2,3)15-24-19-17(13-23-20(22)25-19)9-6-11-26-12-10-16-7-4-5-8-18(16)14-26/h4-5,7-8,13H,10-12,14-15H2,1-3H3,(H3,22,23,24,25). The molecule has 1 aromatic heterocycles. The van der Waals surface area contributed by atoms with E-state index in [1.54, 1.807) is 6.20 Å². The van der Waals surface area contributed by atoms with Crippen LogP contribution in [0.4, 0.5) is 11.8 Å². The fourth-order valence-electron chi connectivity index (χ4n) is 2.91. The van der Waals surface area contributed by atoms with Gasteiger partial charge in [0.25, 0.3) is 0 Å². The molecule has 0 amide bonds. The van der Waals surface area contributed by atoms with E-state index in [9.17, 15) is 0 Å². The average Bonchev–Trinajstić information content (AvgIpc) is 2.61. The van der Waals surface area contributed by atoms with Crippen LogP contribution in [-0.2, 0) is 13.0 Å². The molecule has 0 bridgehead atoms. The predicted molar refractivity (Wildman–Crippen MR) is 107 cm³/mol. The minimum atomic E-state index is 0.144. The number of anilines is 2. The number of nitrogens with two attached hydrogens (primary N) is 1. The number of rotatable bonds is 3. The molecule has 3 rings (SSSR count). The van der Waals surface area contributed by atoms with Crippen LogP contribution in [0.1, 0.15) is 37.5 Å². The van der Waals surface area contributed by atoms with Crippen LogP contribution in [0.3, 0.4) is 0 Å². The van der Waals surface area contributed by atoms with E-state index in [-0.39, 0.29) is 11.4 Å². The van der Waals surface area contributed by atoms with Crippen LogP contribution in [-0.4, -0.2) is 34.5 Å². The Morgan fingerprint density at radius 1 is 1.23 bits per heavy atom. The monoisotopic (exact) mass is 349 g/mol. The van der Waals surface area contributed by atoms with Crippen LogP contribution >= 0.6 is 0 Å². The fourth-order valence-corrected chi connectivity index (χ4v) is 2.91. The van der Waals surface area contributed by atoms with Gasteiger partial charge in [-0.1, -0.05) is 56.9 Å². The SMILES string of the molecule is CC(C)(C)CNc1nc(N)ncc1C#CCN1CCc2ccccc2C1. The molecule has 1 aliphatic heterocycles. The summed E-state index contributed by atoms with van der Waals surface area (Å²) in [5, 5.41) is 3.35. The third-order valence-electron chi connectivity index (χ3n) is 4.33. The molecule has 0 saturated heterocycles. The predicted octanol–water partition coefficient (Wildman–Crippen LogP) is 2.93. The first-order valence-corrected chi connectivity index (χ1v) is 9.05. The first-order valence-electron chi connectivity index (χ1n) is 9.05. The highest BCUT2D eigenvalue weighted by Gasteiger charge is 2.15. The summed E-state index contributed by atoms with van der Waals surface area (Å²) in [6.07, 6.45) is 2.78. The van der Waals surface area contributed by atoms with Crippen LogP contribution in [0, 0.1) is 17.3 Å². The highest BCUT2D eigenvalue weighted by atomic mass is 15.1. The Balaban J connectivity index is 1.66. The Bertz CT molecular complexity index is 826. The van der Waals surface area contributed by atoms with Gasteiger partial charge in [-0.15, -0.1) is 0 Å². The van der Waals surface area contributed by atoms with Crippen molar-refractivity contribution in [2.75, 3.05) is 30.7 Å². The largest absolute Gasteiger partial charge is 0.368 e. The Morgan fingerprint density at radius 2 is 2.00 bits per heavy atom. The molecule has 3 N–H and O–H groups in total. The Morgan fingerprint density at radius 3 is 2.77 bits per heavy atom. The van der Waals surface area contributed by atoms with Crippen molar-refractivity contribution in [2.24, 2.45) is 5.41 Å². The van der Waals surface area contributed by atoms with E-state index in [1.165, 1.54) is 11.1 Å². The maximum atomic E-state index is 5.74. The lowest BCUT2D eigenvalue weighted by Crippen LogP contribution is -2.30. The lowest BCUT2D eigenvalue weighted by atomic mass is 9.97. The molecular formula is C21H27N5. The molecule has 26 heavy (non-hydrogen) atoms. The van der Waals surface area contributed by atoms with Gasteiger partial charge in [-0.25, -0.2) is 4.98 Å². The molecule has 0 spiro atoms. The maximum absolute atomic E-state index is 5.74. The fraction of sp³-hybridized carbons (Fsp3) is 0.429. The summed E-state index contributed by atoms with van der Waals surface area (Å²) >= 11 is 0. The van der Waals surface area contributed by atoms with E-state index < -0.39 is 0 Å². The molecule has 0 aliphatic carbocycles. The minimum absolute atomic E-state index is 0.144. The molecule has 0 fully saturated rings. The van der Waals surface area contributed by atoms with Gasteiger partial charge in [0.1, 0.15) is 5.82 Å². The van der Waals surface area contributed by atoms with Crippen molar-refractivity contribution in [3.63, 3.8) is 0 Å². The number of hydrogen-bond donors (Lipinski definition) is 2. The van der Waals surface area contributed by atoms with Gasteiger partial charge in [0.2, 0.25) is 5.95 Å². The Labute approximate surface area is 156 Å². The van der Waals surface area contributed by atoms with Crippen molar-refractivity contribution in [2.45, 2.75) is 33.7 Å². The Hall–Kier alpha value is -2.58. The number of benzene rings is 1. The molecule has 1 aromatic carbocycles.